The molecule has 298 valence electrons. The Morgan fingerprint density at radius 2 is 1.78 bits per heavy atom. The summed E-state index contributed by atoms with van der Waals surface area (Å²) < 4.78 is 23.6. The number of unbranched alkanes of at least 4 members (excludes halogenated alkanes) is 2. The van der Waals surface area contributed by atoms with Crippen LogP contribution in [0.5, 0.6) is 0 Å². The predicted octanol–water partition coefficient (Wildman–Crippen LogP) is 5.70. The lowest BCUT2D eigenvalue weighted by molar-refractivity contribution is -0.199. The molecule has 3 aliphatic carbocycles. The third-order valence-electron chi connectivity index (χ3n) is 12.0. The number of alkyl carbamates (subject to hydrolysis) is 1. The number of hydrogen-bond acceptors (Lipinski definition) is 8. The first-order chi connectivity index (χ1) is 25.5. The first-order valence-corrected chi connectivity index (χ1v) is 19.6. The molecule has 1 aromatic carbocycles. The van der Waals surface area contributed by atoms with E-state index in [1.807, 2.05) is 30.3 Å². The van der Waals surface area contributed by atoms with Gasteiger partial charge in [-0.15, -0.1) is 0 Å². The second-order valence-electron chi connectivity index (χ2n) is 17.2. The number of likely N-dealkylation sites (tertiary alicyclic amines) is 1. The molecule has 2 saturated heterocycles. The Hall–Kier alpha value is -3.62. The summed E-state index contributed by atoms with van der Waals surface area (Å²) in [5.41, 5.74) is 1.46. The number of benzene rings is 1. The van der Waals surface area contributed by atoms with Crippen LogP contribution in [0.2, 0.25) is 0 Å². The Morgan fingerprint density at radius 3 is 2.41 bits per heavy atom. The van der Waals surface area contributed by atoms with Crippen molar-refractivity contribution in [3.8, 4) is 0 Å². The molecular weight excluding hydrogens is 691 g/mol. The van der Waals surface area contributed by atoms with Crippen molar-refractivity contribution in [3.05, 3.63) is 47.5 Å². The molecule has 7 rings (SSSR count). The van der Waals surface area contributed by atoms with Gasteiger partial charge >= 0.3 is 19.3 Å². The Morgan fingerprint density at radius 1 is 1.07 bits per heavy atom. The van der Waals surface area contributed by atoms with Crippen molar-refractivity contribution in [1.29, 1.82) is 0 Å². The van der Waals surface area contributed by atoms with Crippen LogP contribution in [0.3, 0.4) is 0 Å². The van der Waals surface area contributed by atoms with E-state index in [4.69, 9.17) is 23.9 Å². The van der Waals surface area contributed by atoms with E-state index in [0.717, 1.165) is 56.1 Å². The van der Waals surface area contributed by atoms with E-state index in [2.05, 4.69) is 37.5 Å². The number of carbonyl (C=O) groups is 4. The van der Waals surface area contributed by atoms with Gasteiger partial charge in [0.1, 0.15) is 18.2 Å². The zero-order valence-corrected chi connectivity index (χ0v) is 33.2. The summed E-state index contributed by atoms with van der Waals surface area (Å²) in [6.45, 7) is 14.1. The number of rotatable bonds is 12. The largest absolute Gasteiger partial charge is 0.481 e. The summed E-state index contributed by atoms with van der Waals surface area (Å²) >= 11 is 0. The van der Waals surface area contributed by atoms with E-state index in [0.29, 0.717) is 44.5 Å². The number of methoxy groups -OCH3 is 1. The highest BCUT2D eigenvalue weighted by molar-refractivity contribution is 6.47. The van der Waals surface area contributed by atoms with Gasteiger partial charge in [0.05, 0.1) is 24.3 Å². The van der Waals surface area contributed by atoms with Gasteiger partial charge in [0.15, 0.2) is 0 Å². The number of ether oxygens (including phenoxy) is 2. The van der Waals surface area contributed by atoms with Crippen molar-refractivity contribution in [2.75, 3.05) is 26.8 Å². The number of amides is 4. The summed E-state index contributed by atoms with van der Waals surface area (Å²) in [4.78, 5) is 52.3. The fourth-order valence-electron chi connectivity index (χ4n) is 8.90. The van der Waals surface area contributed by atoms with Crippen LogP contribution in [-0.4, -0.2) is 102 Å². The van der Waals surface area contributed by atoms with Crippen LogP contribution in [0.25, 0.3) is 0 Å². The summed E-state index contributed by atoms with van der Waals surface area (Å²) in [5, 5.41) is 14.5. The van der Waals surface area contributed by atoms with Gasteiger partial charge in [0.2, 0.25) is 11.8 Å². The molecule has 1 aromatic rings. The SMILES string of the molecule is COC/C=C/CCCCC(NC(=O)C1CCCN1C(=O)CNC(=O)OC(C)(C)C)B1OC2CC3CC(C3(C)C)C2(C)O1.O=C(O)N1Cc2ccccc2C1. The first kappa shape index (κ1) is 41.5. The third kappa shape index (κ3) is 9.78. The van der Waals surface area contributed by atoms with Crippen LogP contribution in [0, 0.1) is 17.3 Å². The predicted molar refractivity (Wildman–Crippen MR) is 204 cm³/mol. The van der Waals surface area contributed by atoms with E-state index in [1.165, 1.54) is 4.90 Å². The molecule has 6 atom stereocenters. The first-order valence-electron chi connectivity index (χ1n) is 19.6. The van der Waals surface area contributed by atoms with Crippen molar-refractivity contribution in [2.24, 2.45) is 17.3 Å². The average Bonchev–Trinajstić information content (AvgIpc) is 3.86. The maximum Gasteiger partial charge on any atom is 0.481 e. The fraction of sp³-hybridized carbons (Fsp3) is 0.700. The molecule has 0 spiro atoms. The van der Waals surface area contributed by atoms with Crippen molar-refractivity contribution >= 4 is 31.1 Å². The van der Waals surface area contributed by atoms with Crippen LogP contribution >= 0.6 is 0 Å². The van der Waals surface area contributed by atoms with Crippen LogP contribution in [-0.2, 0) is 41.5 Å². The summed E-state index contributed by atoms with van der Waals surface area (Å²) in [6, 6.07) is 7.22. The number of nitrogens with zero attached hydrogens (tertiary/aromatic N) is 2. The van der Waals surface area contributed by atoms with Gasteiger partial charge in [-0.2, -0.15) is 0 Å². The van der Waals surface area contributed by atoms with Crippen molar-refractivity contribution in [3.63, 3.8) is 0 Å². The second-order valence-corrected chi connectivity index (χ2v) is 17.2. The molecule has 3 aliphatic heterocycles. The van der Waals surface area contributed by atoms with Gasteiger partial charge in [0.25, 0.3) is 0 Å². The van der Waals surface area contributed by atoms with E-state index >= 15 is 0 Å². The quantitative estimate of drug-likeness (QED) is 0.139. The molecular formula is C40H61BN4O9. The number of carboxylic acid groups (broad SMARTS) is 1. The van der Waals surface area contributed by atoms with Crippen LogP contribution in [0.1, 0.15) is 104 Å². The molecule has 3 heterocycles. The fourth-order valence-corrected chi connectivity index (χ4v) is 8.90. The number of fused-ring (bicyclic) bond motifs is 1. The van der Waals surface area contributed by atoms with E-state index in [1.54, 1.807) is 32.8 Å². The summed E-state index contributed by atoms with van der Waals surface area (Å²) in [5.74, 6) is 0.260. The van der Waals surface area contributed by atoms with E-state index in [-0.39, 0.29) is 41.4 Å². The molecule has 2 bridgehead atoms. The Kier molecular flexibility index (Phi) is 13.4. The molecule has 0 aromatic heterocycles. The lowest BCUT2D eigenvalue weighted by atomic mass is 9.43. The zero-order valence-electron chi connectivity index (χ0n) is 33.2. The van der Waals surface area contributed by atoms with Crippen molar-refractivity contribution < 1.29 is 43.1 Å². The highest BCUT2D eigenvalue weighted by atomic mass is 16.7. The molecule has 3 N–H and O–H groups in total. The molecule has 4 amide bonds. The van der Waals surface area contributed by atoms with Crippen LogP contribution < -0.4 is 10.6 Å². The van der Waals surface area contributed by atoms with Crippen molar-refractivity contribution in [1.82, 2.24) is 20.4 Å². The van der Waals surface area contributed by atoms with Crippen LogP contribution in [0.4, 0.5) is 9.59 Å². The molecule has 5 fully saturated rings. The van der Waals surface area contributed by atoms with Crippen LogP contribution in [0.15, 0.2) is 36.4 Å². The maximum absolute atomic E-state index is 13.7. The average molecular weight is 753 g/mol. The number of carbonyl (C=O) groups excluding carboxylic acids is 3. The van der Waals surface area contributed by atoms with Crippen molar-refractivity contribution in [2.45, 2.75) is 135 Å². The van der Waals surface area contributed by atoms with E-state index < -0.39 is 30.9 Å². The monoisotopic (exact) mass is 752 g/mol. The smallest absolute Gasteiger partial charge is 0.465 e. The minimum atomic E-state index is -0.841. The minimum absolute atomic E-state index is 0.0270. The standard InChI is InChI=1S/C31H52BN3O7.C9H9NO2/c1-29(2,3)40-28(38)33-20-26(36)35-16-13-14-22(35)27(37)34-25(15-11-9-8-10-12-17-39-7)32-41-24-19-21-18-23(30(21,4)5)31(24,6)42-32;11-9(12)10-5-7-3-1-2-4-8(7)6-10/h10,12,21-25H,8-9,11,13-20H2,1-7H3,(H,33,38)(H,34,37);1-4H,5-6H2,(H,11,12)/b12-10+;. The number of nitrogens with one attached hydrogen (secondary N) is 2. The topological polar surface area (TPSA) is 156 Å². The normalized spacial score (nSPS) is 27.0. The maximum atomic E-state index is 13.7. The Balaban J connectivity index is 0.000000392. The Labute approximate surface area is 321 Å². The second kappa shape index (κ2) is 17.5. The molecule has 0 radical (unpaired) electrons. The minimum Gasteiger partial charge on any atom is -0.465 e. The molecule has 3 saturated carbocycles. The van der Waals surface area contributed by atoms with E-state index in [9.17, 15) is 19.2 Å². The number of allylic oxidation sites excluding steroid dienone is 1. The lowest BCUT2D eigenvalue weighted by Gasteiger charge is -2.64. The van der Waals surface area contributed by atoms with Gasteiger partial charge in [-0.25, -0.2) is 9.59 Å². The molecule has 6 unspecified atom stereocenters. The number of hydrogen-bond donors (Lipinski definition) is 3. The van der Waals surface area contributed by atoms with Gasteiger partial charge in [-0.1, -0.05) is 56.7 Å². The Bertz CT molecular complexity index is 1510. The summed E-state index contributed by atoms with van der Waals surface area (Å²) in [6.07, 6.45) is 9.65. The molecule has 13 nitrogen and oxygen atoms in total. The van der Waals surface area contributed by atoms with Gasteiger partial charge in [0, 0.05) is 26.7 Å². The highest BCUT2D eigenvalue weighted by Gasteiger charge is 2.68. The molecule has 54 heavy (non-hydrogen) atoms. The van der Waals surface area contributed by atoms with Gasteiger partial charge < -0.3 is 39.4 Å². The van der Waals surface area contributed by atoms with Gasteiger partial charge in [-0.05, 0) is 101 Å². The summed E-state index contributed by atoms with van der Waals surface area (Å²) in [7, 11) is 1.15. The third-order valence-corrected chi connectivity index (χ3v) is 12.0. The molecule has 6 aliphatic rings. The highest BCUT2D eigenvalue weighted by Crippen LogP contribution is 2.65. The molecule has 14 heteroatoms. The lowest BCUT2D eigenvalue weighted by Crippen LogP contribution is -2.65. The van der Waals surface area contributed by atoms with Gasteiger partial charge in [-0.3, -0.25) is 14.5 Å². The zero-order chi connectivity index (χ0) is 39.3.